The Hall–Kier alpha value is -0.000519. The van der Waals surface area contributed by atoms with Gasteiger partial charge >= 0.3 is 56.3 Å². The molecule has 0 aliphatic heterocycles. The molecule has 0 nitrogen and oxygen atoms in total. The number of rotatable bonds is 2. The van der Waals surface area contributed by atoms with Gasteiger partial charge in [-0.05, 0) is 0 Å². The number of allylic oxidation sites excluding steroid dienone is 4. The van der Waals surface area contributed by atoms with E-state index in [0.29, 0.717) is 0 Å². The summed E-state index contributed by atoms with van der Waals surface area (Å²) in [6, 6.07) is 0. The Morgan fingerprint density at radius 2 is 2.62 bits per heavy atom. The standard InChI is InChI=1S/C5H5.C2H5.Cu/c1-2-4-5-3-1;1-2;/h1-3H,4H2;1H2,2H3;. The van der Waals surface area contributed by atoms with Crippen LogP contribution in [0.25, 0.3) is 0 Å². The van der Waals surface area contributed by atoms with E-state index in [1.807, 2.05) is 15.0 Å². The normalized spacial score (nSPS) is 17.4. The predicted octanol–water partition coefficient (Wildman–Crippen LogP) is 2.35. The molecule has 0 heterocycles. The van der Waals surface area contributed by atoms with Crippen molar-refractivity contribution in [1.29, 1.82) is 0 Å². The van der Waals surface area contributed by atoms with Gasteiger partial charge in [0, 0.05) is 0 Å². The molecule has 0 atom stereocenters. The molecule has 8 heavy (non-hydrogen) atoms. The molecule has 0 amide bonds. The first kappa shape index (κ1) is 6.12. The molecular formula is C7H10Cu. The molecule has 0 bridgehead atoms. The molecule has 0 fully saturated rings. The first-order valence-electron chi connectivity index (χ1n) is 2.79. The number of hydrogen-bond donors (Lipinski definition) is 0. The molecule has 0 radical (unpaired) electrons. The van der Waals surface area contributed by atoms with E-state index in [1.54, 1.807) is 0 Å². The average Bonchev–Trinajstić information content (AvgIpc) is 2.19. The summed E-state index contributed by atoms with van der Waals surface area (Å²) in [4.78, 5) is 0. The van der Waals surface area contributed by atoms with Crippen LogP contribution in [0.4, 0.5) is 0 Å². The van der Waals surface area contributed by atoms with Crippen LogP contribution in [0.1, 0.15) is 13.3 Å². The molecule has 0 aromatic rings. The minimum atomic E-state index is 1.16. The summed E-state index contributed by atoms with van der Waals surface area (Å²) in [5.41, 5.74) is 0. The maximum atomic E-state index is 2.19. The SMILES string of the molecule is C[CH2][Cu][C]1=CC=CC1. The van der Waals surface area contributed by atoms with Crippen LogP contribution in [-0.4, -0.2) is 0 Å². The fraction of sp³-hybridized carbons (Fsp3) is 0.429. The third kappa shape index (κ3) is 1.50. The van der Waals surface area contributed by atoms with Gasteiger partial charge in [-0.25, -0.2) is 0 Å². The summed E-state index contributed by atoms with van der Waals surface area (Å²) in [7, 11) is 0. The van der Waals surface area contributed by atoms with Crippen LogP contribution in [0.5, 0.6) is 0 Å². The fourth-order valence-corrected chi connectivity index (χ4v) is 1.50. The quantitative estimate of drug-likeness (QED) is 0.540. The zero-order chi connectivity index (χ0) is 5.82. The maximum absolute atomic E-state index is 2.19. The van der Waals surface area contributed by atoms with Gasteiger partial charge in [-0.1, -0.05) is 0 Å². The molecule has 1 aliphatic carbocycles. The molecule has 0 saturated heterocycles. The van der Waals surface area contributed by atoms with Crippen molar-refractivity contribution in [3.8, 4) is 0 Å². The molecule has 0 aromatic heterocycles. The van der Waals surface area contributed by atoms with E-state index >= 15 is 0 Å². The van der Waals surface area contributed by atoms with Crippen LogP contribution in [0.15, 0.2) is 22.7 Å². The Balaban J connectivity index is 2.28. The summed E-state index contributed by atoms with van der Waals surface area (Å²) < 4.78 is 1.50. The number of hydrogen-bond acceptors (Lipinski definition) is 0. The summed E-state index contributed by atoms with van der Waals surface area (Å²) in [6.07, 6.45) is 7.65. The minimum absolute atomic E-state index is 1.16. The van der Waals surface area contributed by atoms with Crippen LogP contribution < -0.4 is 0 Å². The van der Waals surface area contributed by atoms with Crippen molar-refractivity contribution in [2.45, 2.75) is 18.7 Å². The summed E-state index contributed by atoms with van der Waals surface area (Å²) >= 11 is 2.02. The first-order valence-corrected chi connectivity index (χ1v) is 3.92. The Morgan fingerprint density at radius 1 is 1.75 bits per heavy atom. The van der Waals surface area contributed by atoms with Gasteiger partial charge in [-0.2, -0.15) is 0 Å². The van der Waals surface area contributed by atoms with Gasteiger partial charge in [0.1, 0.15) is 0 Å². The van der Waals surface area contributed by atoms with Gasteiger partial charge in [0.2, 0.25) is 0 Å². The van der Waals surface area contributed by atoms with Crippen molar-refractivity contribution in [3.63, 3.8) is 0 Å². The van der Waals surface area contributed by atoms with E-state index in [1.165, 1.54) is 9.79 Å². The Kier molecular flexibility index (Phi) is 2.38. The van der Waals surface area contributed by atoms with E-state index < -0.39 is 0 Å². The second kappa shape index (κ2) is 3.11. The van der Waals surface area contributed by atoms with Gasteiger partial charge in [0.05, 0.1) is 0 Å². The Labute approximate surface area is 56.8 Å². The van der Waals surface area contributed by atoms with E-state index in [4.69, 9.17) is 0 Å². The molecule has 0 N–H and O–H groups in total. The molecule has 0 spiro atoms. The topological polar surface area (TPSA) is 0 Å². The zero-order valence-corrected chi connectivity index (χ0v) is 5.89. The summed E-state index contributed by atoms with van der Waals surface area (Å²) in [5, 5.41) is 1.19. The van der Waals surface area contributed by atoms with Crippen molar-refractivity contribution in [1.82, 2.24) is 0 Å². The third-order valence-electron chi connectivity index (χ3n) is 0.941. The van der Waals surface area contributed by atoms with Crippen LogP contribution in [-0.2, 0) is 15.0 Å². The molecule has 0 aromatic carbocycles. The second-order valence-corrected chi connectivity index (χ2v) is 3.12. The van der Waals surface area contributed by atoms with Crippen molar-refractivity contribution >= 4 is 0 Å². The third-order valence-corrected chi connectivity index (χ3v) is 2.05. The second-order valence-electron chi connectivity index (χ2n) is 1.52. The van der Waals surface area contributed by atoms with Crippen LogP contribution in [0, 0.1) is 0 Å². The first-order chi connectivity index (χ1) is 3.93. The van der Waals surface area contributed by atoms with Gasteiger partial charge < -0.3 is 0 Å². The van der Waals surface area contributed by atoms with E-state index in [9.17, 15) is 0 Å². The van der Waals surface area contributed by atoms with Gasteiger partial charge in [0.15, 0.2) is 0 Å². The average molecular weight is 158 g/mol. The monoisotopic (exact) mass is 157 g/mol. The molecule has 0 unspecified atom stereocenters. The molecule has 49 valence electrons. The van der Waals surface area contributed by atoms with Crippen LogP contribution in [0.3, 0.4) is 0 Å². The molecule has 1 heteroatoms. The van der Waals surface area contributed by atoms with Crippen LogP contribution >= 0.6 is 0 Å². The van der Waals surface area contributed by atoms with Crippen LogP contribution in [0.2, 0.25) is 5.32 Å². The molecule has 1 rings (SSSR count). The van der Waals surface area contributed by atoms with Crippen molar-refractivity contribution < 1.29 is 15.0 Å². The molecule has 1 aliphatic rings. The van der Waals surface area contributed by atoms with E-state index in [2.05, 4.69) is 25.2 Å². The zero-order valence-electron chi connectivity index (χ0n) is 4.95. The fourth-order valence-electron chi connectivity index (χ4n) is 0.621. The van der Waals surface area contributed by atoms with E-state index in [0.717, 1.165) is 6.42 Å². The van der Waals surface area contributed by atoms with Gasteiger partial charge in [-0.3, -0.25) is 0 Å². The van der Waals surface area contributed by atoms with Gasteiger partial charge in [-0.15, -0.1) is 0 Å². The molecular weight excluding hydrogens is 148 g/mol. The Morgan fingerprint density at radius 3 is 3.12 bits per heavy atom. The van der Waals surface area contributed by atoms with Crippen molar-refractivity contribution in [2.24, 2.45) is 0 Å². The Bertz CT molecular complexity index is 122. The van der Waals surface area contributed by atoms with E-state index in [-0.39, 0.29) is 0 Å². The van der Waals surface area contributed by atoms with Gasteiger partial charge in [0.25, 0.3) is 0 Å². The molecule has 0 saturated carbocycles. The predicted molar refractivity (Wildman–Crippen MR) is 32.3 cm³/mol. The summed E-state index contributed by atoms with van der Waals surface area (Å²) in [5.74, 6) is 0. The van der Waals surface area contributed by atoms with Crippen molar-refractivity contribution in [3.05, 3.63) is 22.7 Å². The van der Waals surface area contributed by atoms with Crippen molar-refractivity contribution in [2.75, 3.05) is 0 Å². The summed E-state index contributed by atoms with van der Waals surface area (Å²) in [6.45, 7) is 2.18.